The van der Waals surface area contributed by atoms with Crippen molar-refractivity contribution in [1.29, 1.82) is 0 Å². The van der Waals surface area contributed by atoms with E-state index in [1.807, 2.05) is 0 Å². The Labute approximate surface area is 154 Å². The summed E-state index contributed by atoms with van der Waals surface area (Å²) >= 11 is 8.02. The predicted molar refractivity (Wildman–Crippen MR) is 95.8 cm³/mol. The van der Waals surface area contributed by atoms with Gasteiger partial charge in [-0.1, -0.05) is 11.8 Å². The lowest BCUT2D eigenvalue weighted by atomic mass is 10.1. The summed E-state index contributed by atoms with van der Waals surface area (Å²) in [5.41, 5.74) is 1.81. The fraction of sp³-hybridized carbons (Fsp3) is 0.125. The molecule has 0 fully saturated rings. The van der Waals surface area contributed by atoms with Crippen molar-refractivity contribution >= 4 is 55.6 Å². The van der Waals surface area contributed by atoms with E-state index in [0.717, 1.165) is 9.79 Å². The summed E-state index contributed by atoms with van der Waals surface area (Å²) in [5, 5.41) is 18.4. The highest BCUT2D eigenvalue weighted by Gasteiger charge is 2.16. The van der Waals surface area contributed by atoms with E-state index in [1.165, 1.54) is 11.8 Å². The third-order valence-electron chi connectivity index (χ3n) is 3.19. The van der Waals surface area contributed by atoms with E-state index in [1.54, 1.807) is 38.1 Å². The highest BCUT2D eigenvalue weighted by Crippen LogP contribution is 2.36. The Kier molecular flexibility index (Phi) is 5.54. The summed E-state index contributed by atoms with van der Waals surface area (Å²) in [6.07, 6.45) is 0. The summed E-state index contributed by atoms with van der Waals surface area (Å²) < 4.78 is 1.04. The Hall–Kier alpha value is -1.31. The molecule has 0 atom stereocenters. The quantitative estimate of drug-likeness (QED) is 0.642. The summed E-state index contributed by atoms with van der Waals surface area (Å²) in [4.78, 5) is 24.1. The van der Waals surface area contributed by atoms with Crippen molar-refractivity contribution < 1.29 is 19.8 Å². The number of carboxylic acid groups (broad SMARTS) is 2. The largest absolute Gasteiger partial charge is 0.478 e. The lowest BCUT2D eigenvalue weighted by molar-refractivity contribution is 0.0684. The molecule has 0 aliphatic heterocycles. The Morgan fingerprint density at radius 3 is 1.43 bits per heavy atom. The molecule has 120 valence electrons. The second kappa shape index (κ2) is 7.07. The van der Waals surface area contributed by atoms with E-state index in [-0.39, 0.29) is 11.1 Å². The second-order valence-corrected chi connectivity index (χ2v) is 7.76. The van der Waals surface area contributed by atoms with E-state index in [4.69, 9.17) is 0 Å². The maximum Gasteiger partial charge on any atom is 0.337 e. The fourth-order valence-electron chi connectivity index (χ4n) is 2.22. The van der Waals surface area contributed by atoms with Crippen molar-refractivity contribution in [3.63, 3.8) is 0 Å². The van der Waals surface area contributed by atoms with Crippen molar-refractivity contribution in [2.45, 2.75) is 23.6 Å². The molecule has 0 bridgehead atoms. The van der Waals surface area contributed by atoms with Gasteiger partial charge < -0.3 is 10.2 Å². The second-order valence-electron chi connectivity index (χ2n) is 4.91. The average molecular weight is 460 g/mol. The molecule has 0 saturated carbocycles. The van der Waals surface area contributed by atoms with Crippen LogP contribution in [0.5, 0.6) is 0 Å². The van der Waals surface area contributed by atoms with Crippen molar-refractivity contribution in [2.24, 2.45) is 0 Å². The number of benzene rings is 2. The molecule has 0 saturated heterocycles. The number of hydrogen-bond acceptors (Lipinski definition) is 3. The highest BCUT2D eigenvalue weighted by atomic mass is 79.9. The molecule has 0 radical (unpaired) electrons. The van der Waals surface area contributed by atoms with Crippen LogP contribution in [-0.2, 0) is 0 Å². The minimum absolute atomic E-state index is 0.243. The van der Waals surface area contributed by atoms with Gasteiger partial charge in [-0.05, 0) is 81.1 Å². The molecule has 7 heteroatoms. The molecule has 2 aromatic rings. The Morgan fingerprint density at radius 2 is 1.17 bits per heavy atom. The fourth-order valence-corrected chi connectivity index (χ4v) is 5.08. The van der Waals surface area contributed by atoms with Gasteiger partial charge in [0.15, 0.2) is 0 Å². The Bertz CT molecular complexity index is 704. The van der Waals surface area contributed by atoms with Gasteiger partial charge in [0.2, 0.25) is 0 Å². The van der Waals surface area contributed by atoms with Crippen LogP contribution in [0.15, 0.2) is 43.0 Å². The van der Waals surface area contributed by atoms with Gasteiger partial charge in [0, 0.05) is 18.7 Å². The molecule has 4 nitrogen and oxygen atoms in total. The van der Waals surface area contributed by atoms with Crippen LogP contribution >= 0.6 is 43.6 Å². The molecule has 23 heavy (non-hydrogen) atoms. The molecule has 2 rings (SSSR count). The summed E-state index contributed by atoms with van der Waals surface area (Å²) in [6, 6.07) is 7.09. The maximum absolute atomic E-state index is 11.2. The minimum Gasteiger partial charge on any atom is -0.478 e. The van der Waals surface area contributed by atoms with Gasteiger partial charge in [-0.3, -0.25) is 0 Å². The van der Waals surface area contributed by atoms with Crippen molar-refractivity contribution in [2.75, 3.05) is 0 Å². The Morgan fingerprint density at radius 1 is 0.826 bits per heavy atom. The van der Waals surface area contributed by atoms with E-state index in [0.29, 0.717) is 20.1 Å². The number of aryl methyl sites for hydroxylation is 2. The zero-order valence-electron chi connectivity index (χ0n) is 12.2. The molecule has 0 aromatic heterocycles. The number of carbonyl (C=O) groups is 2. The van der Waals surface area contributed by atoms with Crippen LogP contribution in [0, 0.1) is 13.8 Å². The summed E-state index contributed by atoms with van der Waals surface area (Å²) in [5.74, 6) is -1.95. The third kappa shape index (κ3) is 3.97. The Balaban J connectivity index is 2.41. The minimum atomic E-state index is -0.977. The van der Waals surface area contributed by atoms with Gasteiger partial charge in [0.25, 0.3) is 0 Å². The van der Waals surface area contributed by atoms with Gasteiger partial charge in [-0.15, -0.1) is 0 Å². The standard InChI is InChI=1S/C16H12Br2O4S/c1-7-3-9(5-11(17)13(7)15(19)20)23-10-4-8(2)14(16(21)22)12(18)6-10/h3-6H,1-2H3,(H,19,20)(H,21,22). The van der Waals surface area contributed by atoms with Crippen LogP contribution in [0.1, 0.15) is 31.8 Å². The molecule has 0 aliphatic carbocycles. The first-order chi connectivity index (χ1) is 10.7. The number of rotatable bonds is 4. The van der Waals surface area contributed by atoms with Crippen LogP contribution in [0.4, 0.5) is 0 Å². The SMILES string of the molecule is Cc1cc(Sc2cc(C)c(C(=O)O)c(Br)c2)cc(Br)c1C(=O)O. The monoisotopic (exact) mass is 458 g/mol. The zero-order chi connectivity index (χ0) is 17.3. The molecule has 2 aromatic carbocycles. The number of halogens is 2. The van der Waals surface area contributed by atoms with Gasteiger partial charge in [0.05, 0.1) is 11.1 Å². The molecule has 2 N–H and O–H groups in total. The predicted octanol–water partition coefficient (Wildman–Crippen LogP) is 5.38. The molecule has 0 spiro atoms. The van der Waals surface area contributed by atoms with E-state index in [2.05, 4.69) is 31.9 Å². The summed E-state index contributed by atoms with van der Waals surface area (Å²) in [7, 11) is 0. The van der Waals surface area contributed by atoms with Gasteiger partial charge in [0.1, 0.15) is 0 Å². The van der Waals surface area contributed by atoms with Crippen LogP contribution < -0.4 is 0 Å². The van der Waals surface area contributed by atoms with Crippen LogP contribution in [0.2, 0.25) is 0 Å². The first kappa shape index (κ1) is 18.0. The first-order valence-corrected chi connectivity index (χ1v) is 8.85. The topological polar surface area (TPSA) is 74.6 Å². The summed E-state index contributed by atoms with van der Waals surface area (Å²) in [6.45, 7) is 3.49. The lowest BCUT2D eigenvalue weighted by Gasteiger charge is -2.10. The smallest absolute Gasteiger partial charge is 0.337 e. The molecule has 0 heterocycles. The maximum atomic E-state index is 11.2. The van der Waals surface area contributed by atoms with Crippen LogP contribution in [-0.4, -0.2) is 22.2 Å². The number of aromatic carboxylic acids is 2. The van der Waals surface area contributed by atoms with Crippen molar-refractivity contribution in [3.8, 4) is 0 Å². The van der Waals surface area contributed by atoms with E-state index < -0.39 is 11.9 Å². The molecule has 0 aliphatic rings. The molecule has 0 amide bonds. The number of hydrogen-bond donors (Lipinski definition) is 2. The van der Waals surface area contributed by atoms with Gasteiger partial charge in [-0.2, -0.15) is 0 Å². The average Bonchev–Trinajstić information content (AvgIpc) is 2.35. The first-order valence-electron chi connectivity index (χ1n) is 6.45. The lowest BCUT2D eigenvalue weighted by Crippen LogP contribution is -2.02. The molecule has 0 unspecified atom stereocenters. The van der Waals surface area contributed by atoms with Crippen molar-refractivity contribution in [1.82, 2.24) is 0 Å². The van der Waals surface area contributed by atoms with Gasteiger partial charge >= 0.3 is 11.9 Å². The van der Waals surface area contributed by atoms with Crippen molar-refractivity contribution in [3.05, 3.63) is 55.5 Å². The van der Waals surface area contributed by atoms with E-state index >= 15 is 0 Å². The number of carboxylic acids is 2. The zero-order valence-corrected chi connectivity index (χ0v) is 16.2. The van der Waals surface area contributed by atoms with Crippen LogP contribution in [0.3, 0.4) is 0 Å². The molecular formula is C16H12Br2O4S. The normalized spacial score (nSPS) is 10.6. The highest BCUT2D eigenvalue weighted by molar-refractivity contribution is 9.10. The van der Waals surface area contributed by atoms with E-state index in [9.17, 15) is 19.8 Å². The molecular weight excluding hydrogens is 448 g/mol. The van der Waals surface area contributed by atoms with Gasteiger partial charge in [-0.25, -0.2) is 9.59 Å². The van der Waals surface area contributed by atoms with Crippen LogP contribution in [0.25, 0.3) is 0 Å². The third-order valence-corrected chi connectivity index (χ3v) is 5.38.